The van der Waals surface area contributed by atoms with Crippen LogP contribution in [0.25, 0.3) is 0 Å². The third-order valence-electron chi connectivity index (χ3n) is 3.21. The molecule has 5 nitrogen and oxygen atoms in total. The van der Waals surface area contributed by atoms with E-state index in [0.717, 1.165) is 11.4 Å². The molecule has 0 bridgehead atoms. The minimum absolute atomic E-state index is 0.414. The summed E-state index contributed by atoms with van der Waals surface area (Å²) in [5.41, 5.74) is 0.0514. The summed E-state index contributed by atoms with van der Waals surface area (Å²) in [6, 6.07) is 8.03. The molecule has 1 aromatic heterocycles. The third-order valence-corrected chi connectivity index (χ3v) is 4.60. The molecule has 0 aliphatic carbocycles. The van der Waals surface area contributed by atoms with Crippen molar-refractivity contribution in [2.45, 2.75) is 17.4 Å². The molecule has 98 valence electrons. The van der Waals surface area contributed by atoms with Crippen molar-refractivity contribution in [3.8, 4) is 0 Å². The van der Waals surface area contributed by atoms with Gasteiger partial charge in [0.15, 0.2) is 0 Å². The molecule has 3 N–H and O–H groups in total. The van der Waals surface area contributed by atoms with E-state index in [1.807, 2.05) is 25.1 Å². The highest BCUT2D eigenvalue weighted by molar-refractivity contribution is 7.99. The van der Waals surface area contributed by atoms with Crippen LogP contribution in [0, 0.1) is 0 Å². The second kappa shape index (κ2) is 4.31. The summed E-state index contributed by atoms with van der Waals surface area (Å²) in [6.45, 7) is 2.00. The second-order valence-electron chi connectivity index (χ2n) is 4.73. The molecule has 3 rings (SSSR count). The number of thioether (sulfide) groups is 1. The Morgan fingerprint density at radius 3 is 2.79 bits per heavy atom. The minimum Gasteiger partial charge on any atom is -0.373 e. The van der Waals surface area contributed by atoms with Crippen molar-refractivity contribution in [1.82, 2.24) is 9.97 Å². The van der Waals surface area contributed by atoms with Crippen LogP contribution in [0.2, 0.25) is 0 Å². The fourth-order valence-corrected chi connectivity index (χ4v) is 3.23. The largest absolute Gasteiger partial charge is 0.373 e. The van der Waals surface area contributed by atoms with E-state index in [4.69, 9.17) is 0 Å². The van der Waals surface area contributed by atoms with Gasteiger partial charge in [0, 0.05) is 22.5 Å². The number of para-hydroxylation sites is 1. The van der Waals surface area contributed by atoms with E-state index in [9.17, 15) is 9.59 Å². The molecule has 0 fully saturated rings. The van der Waals surface area contributed by atoms with E-state index in [2.05, 4.69) is 21.4 Å². The van der Waals surface area contributed by atoms with Crippen LogP contribution in [-0.2, 0) is 5.54 Å². The SMILES string of the molecule is CC1(c2c[nH]c(=O)c(=O)[nH]2)CSc2ccccc2N1. The summed E-state index contributed by atoms with van der Waals surface area (Å²) in [7, 11) is 0. The summed E-state index contributed by atoms with van der Waals surface area (Å²) in [6.07, 6.45) is 1.56. The van der Waals surface area contributed by atoms with Crippen LogP contribution < -0.4 is 16.4 Å². The van der Waals surface area contributed by atoms with Gasteiger partial charge in [0.25, 0.3) is 0 Å². The van der Waals surface area contributed by atoms with E-state index >= 15 is 0 Å². The Hall–Kier alpha value is -1.95. The third kappa shape index (κ3) is 2.08. The molecule has 1 unspecified atom stereocenters. The average molecular weight is 275 g/mol. The highest BCUT2D eigenvalue weighted by Gasteiger charge is 2.32. The van der Waals surface area contributed by atoms with Gasteiger partial charge in [-0.3, -0.25) is 9.59 Å². The zero-order chi connectivity index (χ0) is 13.5. The summed E-state index contributed by atoms with van der Waals surface area (Å²) in [5.74, 6) is 0.770. The van der Waals surface area contributed by atoms with Gasteiger partial charge in [-0.05, 0) is 19.1 Å². The van der Waals surface area contributed by atoms with Gasteiger partial charge in [0.2, 0.25) is 0 Å². The zero-order valence-electron chi connectivity index (χ0n) is 10.3. The predicted molar refractivity (Wildman–Crippen MR) is 75.8 cm³/mol. The van der Waals surface area contributed by atoms with Crippen LogP contribution in [0.5, 0.6) is 0 Å². The van der Waals surface area contributed by atoms with Crippen LogP contribution in [0.1, 0.15) is 12.6 Å². The molecule has 1 aromatic carbocycles. The molecular formula is C13H13N3O2S. The molecule has 0 saturated carbocycles. The van der Waals surface area contributed by atoms with Crippen LogP contribution in [0.3, 0.4) is 0 Å². The molecule has 6 heteroatoms. The number of aromatic amines is 2. The van der Waals surface area contributed by atoms with Gasteiger partial charge < -0.3 is 15.3 Å². The molecule has 1 aliphatic rings. The van der Waals surface area contributed by atoms with Gasteiger partial charge in [-0.15, -0.1) is 11.8 Å². The Bertz CT molecular complexity index is 737. The first-order chi connectivity index (χ1) is 9.08. The maximum absolute atomic E-state index is 11.4. The second-order valence-corrected chi connectivity index (χ2v) is 5.74. The van der Waals surface area contributed by atoms with E-state index < -0.39 is 16.7 Å². The van der Waals surface area contributed by atoms with Crippen LogP contribution >= 0.6 is 11.8 Å². The fourth-order valence-electron chi connectivity index (χ4n) is 2.11. The lowest BCUT2D eigenvalue weighted by Gasteiger charge is -2.36. The molecule has 1 atom stereocenters. The van der Waals surface area contributed by atoms with Crippen LogP contribution in [0.4, 0.5) is 5.69 Å². The molecule has 19 heavy (non-hydrogen) atoms. The number of benzene rings is 1. The number of aromatic nitrogens is 2. The minimum atomic E-state index is -0.629. The topological polar surface area (TPSA) is 77.8 Å². The van der Waals surface area contributed by atoms with Crippen molar-refractivity contribution in [3.05, 3.63) is 56.9 Å². The first-order valence-electron chi connectivity index (χ1n) is 5.91. The van der Waals surface area contributed by atoms with Crippen molar-refractivity contribution in [1.29, 1.82) is 0 Å². The quantitative estimate of drug-likeness (QED) is 0.689. The Labute approximate surface area is 113 Å². The van der Waals surface area contributed by atoms with E-state index in [0.29, 0.717) is 5.69 Å². The maximum Gasteiger partial charge on any atom is 0.313 e. The monoisotopic (exact) mass is 275 g/mol. The van der Waals surface area contributed by atoms with Crippen LogP contribution in [-0.4, -0.2) is 15.7 Å². The fraction of sp³-hybridized carbons (Fsp3) is 0.231. The Morgan fingerprint density at radius 2 is 2.00 bits per heavy atom. The van der Waals surface area contributed by atoms with Gasteiger partial charge in [-0.2, -0.15) is 0 Å². The Morgan fingerprint density at radius 1 is 1.21 bits per heavy atom. The van der Waals surface area contributed by atoms with Crippen molar-refractivity contribution in [2.75, 3.05) is 11.1 Å². The highest BCUT2D eigenvalue weighted by atomic mass is 32.2. The zero-order valence-corrected chi connectivity index (χ0v) is 11.1. The number of nitrogens with one attached hydrogen (secondary N) is 3. The summed E-state index contributed by atoms with van der Waals surface area (Å²) >= 11 is 1.72. The molecule has 0 amide bonds. The van der Waals surface area contributed by atoms with E-state index in [-0.39, 0.29) is 0 Å². The number of rotatable bonds is 1. The van der Waals surface area contributed by atoms with E-state index in [1.54, 1.807) is 18.0 Å². The molecule has 2 aromatic rings. The lowest BCUT2D eigenvalue weighted by Crippen LogP contribution is -2.42. The number of hydrogen-bond donors (Lipinski definition) is 3. The molecule has 1 aliphatic heterocycles. The summed E-state index contributed by atoms with van der Waals surface area (Å²) < 4.78 is 0. The molecule has 0 saturated heterocycles. The van der Waals surface area contributed by atoms with Gasteiger partial charge >= 0.3 is 11.1 Å². The van der Waals surface area contributed by atoms with Crippen molar-refractivity contribution < 1.29 is 0 Å². The van der Waals surface area contributed by atoms with E-state index in [1.165, 1.54) is 4.90 Å². The number of H-pyrrole nitrogens is 2. The van der Waals surface area contributed by atoms with Crippen molar-refractivity contribution in [2.24, 2.45) is 0 Å². The van der Waals surface area contributed by atoms with Gasteiger partial charge in [-0.25, -0.2) is 0 Å². The summed E-state index contributed by atoms with van der Waals surface area (Å²) in [4.78, 5) is 28.9. The number of hydrogen-bond acceptors (Lipinski definition) is 4. The first kappa shape index (κ1) is 12.1. The lowest BCUT2D eigenvalue weighted by atomic mass is 10.00. The highest BCUT2D eigenvalue weighted by Crippen LogP contribution is 2.40. The number of anilines is 1. The van der Waals surface area contributed by atoms with Gasteiger partial charge in [0.05, 0.1) is 11.2 Å². The van der Waals surface area contributed by atoms with Crippen molar-refractivity contribution in [3.63, 3.8) is 0 Å². The molecule has 2 heterocycles. The first-order valence-corrected chi connectivity index (χ1v) is 6.89. The molecule has 0 radical (unpaired) electrons. The number of fused-ring (bicyclic) bond motifs is 1. The molecule has 0 spiro atoms. The van der Waals surface area contributed by atoms with Crippen molar-refractivity contribution >= 4 is 17.4 Å². The summed E-state index contributed by atoms with van der Waals surface area (Å²) in [5, 5.41) is 3.42. The standard InChI is InChI=1S/C13H13N3O2S/c1-13(10-6-14-11(17)12(18)15-10)7-19-9-5-3-2-4-8(9)16-13/h2-6,16H,7H2,1H3,(H,14,17)(H,15,18). The average Bonchev–Trinajstić information content (AvgIpc) is 2.41. The van der Waals surface area contributed by atoms with Gasteiger partial charge in [0.1, 0.15) is 0 Å². The van der Waals surface area contributed by atoms with Crippen LogP contribution in [0.15, 0.2) is 44.9 Å². The predicted octanol–water partition coefficient (Wildman–Crippen LogP) is 1.50. The smallest absolute Gasteiger partial charge is 0.313 e. The molecular weight excluding hydrogens is 262 g/mol. The Kier molecular flexibility index (Phi) is 2.74. The Balaban J connectivity index is 2.03. The van der Waals surface area contributed by atoms with Gasteiger partial charge in [-0.1, -0.05) is 12.1 Å². The normalized spacial score (nSPS) is 21.5. The maximum atomic E-state index is 11.4. The lowest BCUT2D eigenvalue weighted by molar-refractivity contribution is 0.583.